The van der Waals surface area contributed by atoms with Gasteiger partial charge in [0.15, 0.2) is 0 Å². The minimum atomic E-state index is -3.67. The van der Waals surface area contributed by atoms with E-state index in [-0.39, 0.29) is 11.3 Å². The molecule has 2 aromatic rings. The van der Waals surface area contributed by atoms with Crippen molar-refractivity contribution in [1.29, 1.82) is 0 Å². The zero-order valence-corrected chi connectivity index (χ0v) is 13.1. The molecule has 0 unspecified atom stereocenters. The van der Waals surface area contributed by atoms with Crippen LogP contribution in [0.3, 0.4) is 0 Å². The first-order chi connectivity index (χ1) is 9.87. The number of pyridine rings is 1. The third kappa shape index (κ3) is 4.27. The summed E-state index contributed by atoms with van der Waals surface area (Å²) in [6.07, 6.45) is 1.53. The fraction of sp³-hybridized carbons (Fsp3) is 0.0769. The predicted molar refractivity (Wildman–Crippen MR) is 81.6 cm³/mol. The van der Waals surface area contributed by atoms with Crippen LogP contribution in [0.4, 0.5) is 5.69 Å². The van der Waals surface area contributed by atoms with Gasteiger partial charge < -0.3 is 5.11 Å². The molecule has 1 aromatic heterocycles. The molecule has 1 aromatic carbocycles. The Morgan fingerprint density at radius 3 is 2.71 bits per heavy atom. The molecule has 110 valence electrons. The number of anilines is 1. The van der Waals surface area contributed by atoms with E-state index >= 15 is 0 Å². The number of sulfonamides is 1. The number of halogens is 1. The number of hydrogen-bond acceptors (Lipinski definition) is 4. The standard InChI is InChI=1S/C13H11BrN2O4S/c14-12-11(5-2-6-15-12)16-21(19,20)8-9-3-1-4-10(7-9)13(17)18/h1-7,16H,8H2,(H,17,18). The fourth-order valence-electron chi connectivity index (χ4n) is 1.68. The van der Waals surface area contributed by atoms with Crippen molar-refractivity contribution in [2.45, 2.75) is 5.75 Å². The third-order valence-corrected chi connectivity index (χ3v) is 4.43. The number of aromatic nitrogens is 1. The number of carboxylic acid groups (broad SMARTS) is 1. The second-order valence-electron chi connectivity index (χ2n) is 4.21. The lowest BCUT2D eigenvalue weighted by Gasteiger charge is -2.09. The summed E-state index contributed by atoms with van der Waals surface area (Å²) in [5.41, 5.74) is 0.763. The van der Waals surface area contributed by atoms with Gasteiger partial charge in [0.1, 0.15) is 4.60 Å². The smallest absolute Gasteiger partial charge is 0.335 e. The van der Waals surface area contributed by atoms with Crippen molar-refractivity contribution in [1.82, 2.24) is 4.98 Å². The number of nitrogens with zero attached hydrogens (tertiary/aromatic N) is 1. The van der Waals surface area contributed by atoms with E-state index in [0.717, 1.165) is 0 Å². The van der Waals surface area contributed by atoms with Crippen molar-refractivity contribution in [3.05, 3.63) is 58.3 Å². The van der Waals surface area contributed by atoms with Crippen LogP contribution in [0.15, 0.2) is 47.2 Å². The summed E-state index contributed by atoms with van der Waals surface area (Å²) >= 11 is 3.15. The first kappa shape index (κ1) is 15.5. The molecule has 1 heterocycles. The van der Waals surface area contributed by atoms with Gasteiger partial charge in [0.05, 0.1) is 17.0 Å². The second-order valence-corrected chi connectivity index (χ2v) is 6.68. The van der Waals surface area contributed by atoms with Crippen LogP contribution in [0.2, 0.25) is 0 Å². The van der Waals surface area contributed by atoms with E-state index in [2.05, 4.69) is 25.6 Å². The molecule has 0 aliphatic rings. The molecule has 2 N–H and O–H groups in total. The van der Waals surface area contributed by atoms with Crippen LogP contribution in [0, 0.1) is 0 Å². The summed E-state index contributed by atoms with van der Waals surface area (Å²) in [4.78, 5) is 14.8. The molecular weight excluding hydrogens is 360 g/mol. The SMILES string of the molecule is O=C(O)c1cccc(CS(=O)(=O)Nc2cccnc2Br)c1. The molecule has 0 spiro atoms. The highest BCUT2D eigenvalue weighted by atomic mass is 79.9. The molecule has 0 atom stereocenters. The molecule has 0 aliphatic heterocycles. The third-order valence-electron chi connectivity index (χ3n) is 2.56. The summed E-state index contributed by atoms with van der Waals surface area (Å²) in [5.74, 6) is -1.42. The molecular formula is C13H11BrN2O4S. The second kappa shape index (κ2) is 6.23. The van der Waals surface area contributed by atoms with Crippen LogP contribution >= 0.6 is 15.9 Å². The molecule has 6 nitrogen and oxygen atoms in total. The number of aromatic carboxylic acids is 1. The van der Waals surface area contributed by atoms with Crippen molar-refractivity contribution in [3.63, 3.8) is 0 Å². The van der Waals surface area contributed by atoms with Gasteiger partial charge in [-0.15, -0.1) is 0 Å². The van der Waals surface area contributed by atoms with Gasteiger partial charge >= 0.3 is 5.97 Å². The van der Waals surface area contributed by atoms with Gasteiger partial charge in [0, 0.05) is 6.20 Å². The summed E-state index contributed by atoms with van der Waals surface area (Å²) in [7, 11) is -3.67. The van der Waals surface area contributed by atoms with E-state index in [9.17, 15) is 13.2 Å². The van der Waals surface area contributed by atoms with Crippen molar-refractivity contribution in [2.75, 3.05) is 4.72 Å². The first-order valence-electron chi connectivity index (χ1n) is 5.80. The molecule has 2 rings (SSSR count). The Morgan fingerprint density at radius 2 is 2.05 bits per heavy atom. The Morgan fingerprint density at radius 1 is 1.29 bits per heavy atom. The monoisotopic (exact) mass is 370 g/mol. The van der Waals surface area contributed by atoms with Gasteiger partial charge in [-0.05, 0) is 45.8 Å². The highest BCUT2D eigenvalue weighted by molar-refractivity contribution is 9.10. The van der Waals surface area contributed by atoms with E-state index in [1.165, 1.54) is 24.4 Å². The van der Waals surface area contributed by atoms with Gasteiger partial charge in [-0.1, -0.05) is 12.1 Å². The van der Waals surface area contributed by atoms with Crippen LogP contribution in [0.1, 0.15) is 15.9 Å². The first-order valence-corrected chi connectivity index (χ1v) is 8.25. The highest BCUT2D eigenvalue weighted by Gasteiger charge is 2.15. The van der Waals surface area contributed by atoms with E-state index in [1.54, 1.807) is 18.2 Å². The molecule has 0 radical (unpaired) electrons. The topological polar surface area (TPSA) is 96.4 Å². The molecule has 8 heteroatoms. The van der Waals surface area contributed by atoms with Crippen molar-refractivity contribution in [3.8, 4) is 0 Å². The number of benzene rings is 1. The van der Waals surface area contributed by atoms with Crippen LogP contribution < -0.4 is 4.72 Å². The van der Waals surface area contributed by atoms with Crippen molar-refractivity contribution in [2.24, 2.45) is 0 Å². The normalized spacial score (nSPS) is 11.1. The average molecular weight is 371 g/mol. The lowest BCUT2D eigenvalue weighted by molar-refractivity contribution is 0.0696. The molecule has 0 aliphatic carbocycles. The minimum absolute atomic E-state index is 0.0465. The Kier molecular flexibility index (Phi) is 4.59. The van der Waals surface area contributed by atoms with Crippen LogP contribution in [0.5, 0.6) is 0 Å². The van der Waals surface area contributed by atoms with E-state index < -0.39 is 16.0 Å². The summed E-state index contributed by atoms with van der Waals surface area (Å²) in [5, 5.41) is 8.90. The van der Waals surface area contributed by atoms with Gasteiger partial charge in [-0.25, -0.2) is 18.2 Å². The molecule has 0 fully saturated rings. The number of nitrogens with one attached hydrogen (secondary N) is 1. The largest absolute Gasteiger partial charge is 0.478 e. The van der Waals surface area contributed by atoms with Crippen LogP contribution in [-0.2, 0) is 15.8 Å². The fourth-order valence-corrected chi connectivity index (χ4v) is 3.35. The Balaban J connectivity index is 2.20. The van der Waals surface area contributed by atoms with E-state index in [1.807, 2.05) is 0 Å². The number of carbonyl (C=O) groups is 1. The van der Waals surface area contributed by atoms with Gasteiger partial charge in [0.25, 0.3) is 0 Å². The molecule has 0 saturated heterocycles. The zero-order chi connectivity index (χ0) is 15.5. The lowest BCUT2D eigenvalue weighted by Crippen LogP contribution is -2.16. The Bertz CT molecular complexity index is 777. The number of carboxylic acids is 1. The van der Waals surface area contributed by atoms with Crippen LogP contribution in [0.25, 0.3) is 0 Å². The minimum Gasteiger partial charge on any atom is -0.478 e. The maximum atomic E-state index is 12.1. The van der Waals surface area contributed by atoms with Gasteiger partial charge in [-0.3, -0.25) is 4.72 Å². The summed E-state index contributed by atoms with van der Waals surface area (Å²) < 4.78 is 27.0. The number of rotatable bonds is 5. The van der Waals surface area contributed by atoms with E-state index in [4.69, 9.17) is 5.11 Å². The maximum absolute atomic E-state index is 12.1. The molecule has 0 amide bonds. The number of hydrogen-bond donors (Lipinski definition) is 2. The Labute approximate surface area is 130 Å². The lowest BCUT2D eigenvalue weighted by atomic mass is 10.1. The molecule has 21 heavy (non-hydrogen) atoms. The van der Waals surface area contributed by atoms with Crippen molar-refractivity contribution < 1.29 is 18.3 Å². The highest BCUT2D eigenvalue weighted by Crippen LogP contribution is 2.21. The average Bonchev–Trinajstić information content (AvgIpc) is 2.41. The van der Waals surface area contributed by atoms with Crippen molar-refractivity contribution >= 4 is 37.6 Å². The Hall–Kier alpha value is -1.93. The predicted octanol–water partition coefficient (Wildman–Crippen LogP) is 2.48. The maximum Gasteiger partial charge on any atom is 0.335 e. The van der Waals surface area contributed by atoms with E-state index in [0.29, 0.717) is 15.9 Å². The quantitative estimate of drug-likeness (QED) is 0.788. The summed E-state index contributed by atoms with van der Waals surface area (Å²) in [6, 6.07) is 8.98. The van der Waals surface area contributed by atoms with Gasteiger partial charge in [-0.2, -0.15) is 0 Å². The molecule has 0 saturated carbocycles. The summed E-state index contributed by atoms with van der Waals surface area (Å²) in [6.45, 7) is 0. The zero-order valence-electron chi connectivity index (χ0n) is 10.7. The molecule has 0 bridgehead atoms. The van der Waals surface area contributed by atoms with Crippen LogP contribution in [-0.4, -0.2) is 24.5 Å². The van der Waals surface area contributed by atoms with Gasteiger partial charge in [0.2, 0.25) is 10.0 Å².